The molecule has 2 aromatic carbocycles. The van der Waals surface area contributed by atoms with Crippen molar-refractivity contribution in [2.24, 2.45) is 11.8 Å². The minimum atomic E-state index is -3.76. The molecule has 2 aliphatic rings. The zero-order chi connectivity index (χ0) is 24.3. The second-order valence-electron chi connectivity index (χ2n) is 9.58. The van der Waals surface area contributed by atoms with Crippen LogP contribution in [0, 0.1) is 11.8 Å². The molecule has 0 bridgehead atoms. The molecule has 0 radical (unpaired) electrons. The Balaban J connectivity index is 1.43. The van der Waals surface area contributed by atoms with E-state index in [0.29, 0.717) is 48.4 Å². The molecule has 3 heterocycles. The third-order valence-corrected chi connectivity index (χ3v) is 8.95. The number of fused-ring (bicyclic) bond motifs is 1. The van der Waals surface area contributed by atoms with Crippen LogP contribution >= 0.6 is 0 Å². The van der Waals surface area contributed by atoms with Crippen molar-refractivity contribution in [3.63, 3.8) is 0 Å². The minimum Gasteiger partial charge on any atom is -0.397 e. The highest BCUT2D eigenvalue weighted by Crippen LogP contribution is 2.32. The van der Waals surface area contributed by atoms with Crippen molar-refractivity contribution in [3.05, 3.63) is 54.2 Å². The third kappa shape index (κ3) is 5.44. The van der Waals surface area contributed by atoms with Gasteiger partial charge in [0.15, 0.2) is 0 Å². The summed E-state index contributed by atoms with van der Waals surface area (Å²) >= 11 is 0. The molecule has 186 valence electrons. The van der Waals surface area contributed by atoms with Crippen molar-refractivity contribution in [2.45, 2.75) is 41.9 Å². The summed E-state index contributed by atoms with van der Waals surface area (Å²) in [5, 5.41) is 4.17. The molecule has 0 atom stereocenters. The van der Waals surface area contributed by atoms with Crippen LogP contribution in [-0.2, 0) is 25.7 Å². The first-order valence-corrected chi connectivity index (χ1v) is 13.9. The molecule has 5 rings (SSSR count). The molecule has 7 nitrogen and oxygen atoms in total. The lowest BCUT2D eigenvalue weighted by atomic mass is 9.94. The number of pyridine rings is 1. The maximum Gasteiger partial charge on any atom is 0.208 e. The largest absolute Gasteiger partial charge is 0.397 e. The summed E-state index contributed by atoms with van der Waals surface area (Å²) in [7, 11) is -3.76. The standard InChI is InChI=1S/C27H33N3O4S/c28-24-3-1-2-21-17-26(25(30-27(21)24)16-19-8-12-33-13-9-19)35(31,32)23-6-4-22(5-7-23)29-18-20-10-14-34-15-11-20/h1-7,17,19-20,29H,8-16,18,28H2. The van der Waals surface area contributed by atoms with E-state index in [1.807, 2.05) is 24.3 Å². The molecule has 0 spiro atoms. The topological polar surface area (TPSA) is 104 Å². The quantitative estimate of drug-likeness (QED) is 0.467. The van der Waals surface area contributed by atoms with Gasteiger partial charge in [-0.2, -0.15) is 0 Å². The maximum absolute atomic E-state index is 13.8. The smallest absolute Gasteiger partial charge is 0.208 e. The molecule has 0 aliphatic carbocycles. The SMILES string of the molecule is Nc1cccc2cc(S(=O)(=O)c3ccc(NCC4CCOCC4)cc3)c(CC3CCOCC3)nc12. The van der Waals surface area contributed by atoms with Crippen molar-refractivity contribution < 1.29 is 17.9 Å². The van der Waals surface area contributed by atoms with Gasteiger partial charge in [0.05, 0.1) is 26.7 Å². The first-order valence-electron chi connectivity index (χ1n) is 12.4. The van der Waals surface area contributed by atoms with Crippen molar-refractivity contribution in [2.75, 3.05) is 44.0 Å². The second kappa shape index (κ2) is 10.5. The van der Waals surface area contributed by atoms with Crippen LogP contribution < -0.4 is 11.1 Å². The summed E-state index contributed by atoms with van der Waals surface area (Å²) < 4.78 is 38.5. The fraction of sp³-hybridized carbons (Fsp3) is 0.444. The van der Waals surface area contributed by atoms with Gasteiger partial charge < -0.3 is 20.5 Å². The highest BCUT2D eigenvalue weighted by atomic mass is 32.2. The van der Waals surface area contributed by atoms with Crippen molar-refractivity contribution in [1.82, 2.24) is 4.98 Å². The van der Waals surface area contributed by atoms with Crippen LogP contribution in [0.4, 0.5) is 11.4 Å². The molecule has 0 amide bonds. The Morgan fingerprint density at radius 1 is 0.914 bits per heavy atom. The lowest BCUT2D eigenvalue weighted by Crippen LogP contribution is -2.22. The summed E-state index contributed by atoms with van der Waals surface area (Å²) in [5.41, 5.74) is 8.90. The Morgan fingerprint density at radius 3 is 2.26 bits per heavy atom. The Labute approximate surface area is 206 Å². The lowest BCUT2D eigenvalue weighted by molar-refractivity contribution is 0.0661. The summed E-state index contributed by atoms with van der Waals surface area (Å²) in [5.74, 6) is 0.917. The molecule has 1 aromatic heterocycles. The predicted molar refractivity (Wildman–Crippen MR) is 137 cm³/mol. The number of nitrogens with one attached hydrogen (secondary N) is 1. The molecule has 3 N–H and O–H groups in total. The number of ether oxygens (including phenoxy) is 2. The van der Waals surface area contributed by atoms with Crippen LogP contribution in [0.15, 0.2) is 58.3 Å². The van der Waals surface area contributed by atoms with Crippen molar-refractivity contribution in [3.8, 4) is 0 Å². The molecule has 35 heavy (non-hydrogen) atoms. The molecule has 3 aromatic rings. The summed E-state index contributed by atoms with van der Waals surface area (Å²) in [4.78, 5) is 5.33. The van der Waals surface area contributed by atoms with Crippen LogP contribution in [0.1, 0.15) is 31.4 Å². The number of nitrogen functional groups attached to an aromatic ring is 1. The van der Waals surface area contributed by atoms with Crippen LogP contribution in [0.3, 0.4) is 0 Å². The van der Waals surface area contributed by atoms with Gasteiger partial charge in [0.25, 0.3) is 0 Å². The van der Waals surface area contributed by atoms with Gasteiger partial charge >= 0.3 is 0 Å². The minimum absolute atomic E-state index is 0.269. The Kier molecular flexibility index (Phi) is 7.22. The number of benzene rings is 2. The molecule has 2 fully saturated rings. The molecule has 0 unspecified atom stereocenters. The number of nitrogens with two attached hydrogens (primary N) is 1. The highest BCUT2D eigenvalue weighted by Gasteiger charge is 2.26. The molecular formula is C27H33N3O4S. The first-order chi connectivity index (χ1) is 17.0. The van der Waals surface area contributed by atoms with Gasteiger partial charge in [-0.1, -0.05) is 12.1 Å². The first kappa shape index (κ1) is 24.0. The van der Waals surface area contributed by atoms with Gasteiger partial charge in [0.1, 0.15) is 0 Å². The molecule has 2 aliphatic heterocycles. The van der Waals surface area contributed by atoms with E-state index in [9.17, 15) is 8.42 Å². The van der Waals surface area contributed by atoms with Crippen molar-refractivity contribution >= 4 is 32.1 Å². The molecular weight excluding hydrogens is 462 g/mol. The van der Waals surface area contributed by atoms with Crippen LogP contribution in [0.25, 0.3) is 10.9 Å². The van der Waals surface area contributed by atoms with Gasteiger partial charge in [0.2, 0.25) is 9.84 Å². The fourth-order valence-electron chi connectivity index (χ4n) is 4.93. The van der Waals surface area contributed by atoms with Gasteiger partial charge in [-0.25, -0.2) is 13.4 Å². The number of para-hydroxylation sites is 1. The molecule has 0 saturated carbocycles. The Bertz CT molecular complexity index is 1270. The van der Waals surface area contributed by atoms with Gasteiger partial charge in [0, 0.05) is 44.0 Å². The van der Waals surface area contributed by atoms with Gasteiger partial charge in [-0.3, -0.25) is 0 Å². The average Bonchev–Trinajstić information content (AvgIpc) is 2.89. The van der Waals surface area contributed by atoms with E-state index >= 15 is 0 Å². The van der Waals surface area contributed by atoms with Crippen LogP contribution in [0.2, 0.25) is 0 Å². The Hall–Kier alpha value is -2.68. The number of nitrogens with zero attached hydrogens (tertiary/aromatic N) is 1. The van der Waals surface area contributed by atoms with E-state index in [-0.39, 0.29) is 9.79 Å². The van der Waals surface area contributed by atoms with Gasteiger partial charge in [-0.15, -0.1) is 0 Å². The van der Waals surface area contributed by atoms with E-state index in [4.69, 9.17) is 20.2 Å². The summed E-state index contributed by atoms with van der Waals surface area (Å²) in [6.45, 7) is 3.88. The number of sulfone groups is 1. The van der Waals surface area contributed by atoms with Crippen LogP contribution in [-0.4, -0.2) is 46.4 Å². The van der Waals surface area contributed by atoms with E-state index < -0.39 is 9.84 Å². The van der Waals surface area contributed by atoms with E-state index in [0.717, 1.165) is 56.5 Å². The zero-order valence-electron chi connectivity index (χ0n) is 19.9. The number of anilines is 2. The maximum atomic E-state index is 13.8. The number of hydrogen-bond donors (Lipinski definition) is 2. The lowest BCUT2D eigenvalue weighted by Gasteiger charge is -2.23. The normalized spacial score (nSPS) is 18.1. The zero-order valence-corrected chi connectivity index (χ0v) is 20.7. The second-order valence-corrected chi connectivity index (χ2v) is 11.5. The predicted octanol–water partition coefficient (Wildman–Crippen LogP) is 4.46. The van der Waals surface area contributed by atoms with Crippen LogP contribution in [0.5, 0.6) is 0 Å². The highest BCUT2D eigenvalue weighted by molar-refractivity contribution is 7.91. The van der Waals surface area contributed by atoms with Gasteiger partial charge in [-0.05, 0) is 80.3 Å². The molecule has 8 heteroatoms. The summed E-state index contributed by atoms with van der Waals surface area (Å²) in [6.07, 6.45) is 4.49. The number of hydrogen-bond acceptors (Lipinski definition) is 7. The van der Waals surface area contributed by atoms with E-state index in [1.54, 1.807) is 24.3 Å². The van der Waals surface area contributed by atoms with Crippen molar-refractivity contribution in [1.29, 1.82) is 0 Å². The fourth-order valence-corrected chi connectivity index (χ4v) is 6.40. The van der Waals surface area contributed by atoms with E-state index in [1.165, 1.54) is 0 Å². The average molecular weight is 496 g/mol. The monoisotopic (exact) mass is 495 g/mol. The number of rotatable bonds is 7. The third-order valence-electron chi connectivity index (χ3n) is 7.13. The van der Waals surface area contributed by atoms with E-state index in [2.05, 4.69) is 5.32 Å². The molecule has 2 saturated heterocycles. The Morgan fingerprint density at radius 2 is 1.57 bits per heavy atom. The number of aromatic nitrogens is 1. The summed E-state index contributed by atoms with van der Waals surface area (Å²) in [6, 6.07) is 14.3.